The van der Waals surface area contributed by atoms with Crippen LogP contribution in [0.15, 0.2) is 34.9 Å². The molecule has 1 heterocycles. The Labute approximate surface area is 132 Å². The summed E-state index contributed by atoms with van der Waals surface area (Å²) in [4.78, 5) is 11.2. The number of carbonyl (C=O) groups excluding carboxylic acids is 1. The van der Waals surface area contributed by atoms with E-state index in [0.717, 1.165) is 28.7 Å². The van der Waals surface area contributed by atoms with Crippen LogP contribution < -0.4 is 11.1 Å². The Morgan fingerprint density at radius 1 is 1.48 bits per heavy atom. The van der Waals surface area contributed by atoms with Gasteiger partial charge in [0.05, 0.1) is 5.69 Å². The van der Waals surface area contributed by atoms with Gasteiger partial charge in [-0.2, -0.15) is 5.10 Å². The highest BCUT2D eigenvalue weighted by atomic mass is 79.9. The zero-order valence-electron chi connectivity index (χ0n) is 12.1. The first-order valence-electron chi connectivity index (χ1n) is 6.91. The summed E-state index contributed by atoms with van der Waals surface area (Å²) in [5.41, 5.74) is 7.56. The van der Waals surface area contributed by atoms with Crippen molar-refractivity contribution < 1.29 is 4.79 Å². The maximum atomic E-state index is 11.2. The minimum Gasteiger partial charge on any atom is -0.364 e. The topological polar surface area (TPSA) is 72.9 Å². The molecule has 6 heteroatoms. The average molecular weight is 351 g/mol. The van der Waals surface area contributed by atoms with Gasteiger partial charge in [-0.3, -0.25) is 4.79 Å². The molecule has 5 nitrogen and oxygen atoms in total. The van der Waals surface area contributed by atoms with E-state index in [1.54, 1.807) is 16.9 Å². The number of hydrogen-bond acceptors (Lipinski definition) is 3. The monoisotopic (exact) mass is 350 g/mol. The van der Waals surface area contributed by atoms with Crippen LogP contribution in [0.1, 0.15) is 42.4 Å². The van der Waals surface area contributed by atoms with Gasteiger partial charge in [0.2, 0.25) is 0 Å². The molecule has 0 saturated heterocycles. The fourth-order valence-corrected chi connectivity index (χ4v) is 2.49. The fraction of sp³-hybridized carbons (Fsp3) is 0.333. The summed E-state index contributed by atoms with van der Waals surface area (Å²) < 4.78 is 2.64. The van der Waals surface area contributed by atoms with Gasteiger partial charge in [-0.15, -0.1) is 0 Å². The van der Waals surface area contributed by atoms with Gasteiger partial charge in [0.1, 0.15) is 5.69 Å². The SMILES string of the molecule is CCCNC(C)c1ccc(Br)cc1-n1ccc(C(N)=O)n1. The van der Waals surface area contributed by atoms with Crippen molar-refractivity contribution in [3.8, 4) is 5.69 Å². The van der Waals surface area contributed by atoms with Crippen LogP contribution >= 0.6 is 15.9 Å². The number of carbonyl (C=O) groups is 1. The van der Waals surface area contributed by atoms with Gasteiger partial charge in [0.15, 0.2) is 0 Å². The second kappa shape index (κ2) is 6.87. The van der Waals surface area contributed by atoms with E-state index in [1.807, 2.05) is 12.1 Å². The summed E-state index contributed by atoms with van der Waals surface area (Å²) in [6.45, 7) is 5.19. The zero-order chi connectivity index (χ0) is 15.4. The van der Waals surface area contributed by atoms with Crippen molar-refractivity contribution in [2.75, 3.05) is 6.54 Å². The first kappa shape index (κ1) is 15.7. The number of nitrogens with two attached hydrogens (primary N) is 1. The van der Waals surface area contributed by atoms with E-state index in [2.05, 4.69) is 46.3 Å². The molecule has 1 atom stereocenters. The van der Waals surface area contributed by atoms with Gasteiger partial charge in [0.25, 0.3) is 5.91 Å². The highest BCUT2D eigenvalue weighted by Gasteiger charge is 2.14. The van der Waals surface area contributed by atoms with E-state index in [9.17, 15) is 4.79 Å². The molecular weight excluding hydrogens is 332 g/mol. The largest absolute Gasteiger partial charge is 0.364 e. The maximum absolute atomic E-state index is 11.2. The number of rotatable bonds is 6. The summed E-state index contributed by atoms with van der Waals surface area (Å²) >= 11 is 3.48. The third-order valence-corrected chi connectivity index (χ3v) is 3.74. The number of hydrogen-bond donors (Lipinski definition) is 2. The predicted octanol–water partition coefficient (Wildman–Crippen LogP) is 2.79. The summed E-state index contributed by atoms with van der Waals surface area (Å²) in [6, 6.07) is 7.85. The summed E-state index contributed by atoms with van der Waals surface area (Å²) in [5.74, 6) is -0.526. The number of amides is 1. The predicted molar refractivity (Wildman–Crippen MR) is 86.5 cm³/mol. The highest BCUT2D eigenvalue weighted by Crippen LogP contribution is 2.25. The second-order valence-corrected chi connectivity index (χ2v) is 5.80. The lowest BCUT2D eigenvalue weighted by Gasteiger charge is -2.18. The van der Waals surface area contributed by atoms with Crippen molar-refractivity contribution in [1.29, 1.82) is 0 Å². The molecule has 0 bridgehead atoms. The van der Waals surface area contributed by atoms with E-state index in [1.165, 1.54) is 0 Å². The summed E-state index contributed by atoms with van der Waals surface area (Å²) in [6.07, 6.45) is 2.82. The Morgan fingerprint density at radius 3 is 2.86 bits per heavy atom. The van der Waals surface area contributed by atoms with Crippen LogP contribution in [0.5, 0.6) is 0 Å². The molecule has 2 rings (SSSR count). The lowest BCUT2D eigenvalue weighted by atomic mass is 10.1. The molecule has 1 amide bonds. The molecule has 1 aromatic carbocycles. The van der Waals surface area contributed by atoms with E-state index >= 15 is 0 Å². The molecule has 1 aromatic heterocycles. The van der Waals surface area contributed by atoms with Gasteiger partial charge < -0.3 is 11.1 Å². The third-order valence-electron chi connectivity index (χ3n) is 3.25. The van der Waals surface area contributed by atoms with Crippen LogP contribution in [0.3, 0.4) is 0 Å². The third kappa shape index (κ3) is 3.71. The van der Waals surface area contributed by atoms with Crippen LogP contribution in [-0.4, -0.2) is 22.2 Å². The maximum Gasteiger partial charge on any atom is 0.269 e. The quantitative estimate of drug-likeness (QED) is 0.841. The first-order chi connectivity index (χ1) is 10.0. The van der Waals surface area contributed by atoms with Crippen LogP contribution in [0.4, 0.5) is 0 Å². The molecule has 3 N–H and O–H groups in total. The second-order valence-electron chi connectivity index (χ2n) is 4.89. The first-order valence-corrected chi connectivity index (χ1v) is 7.71. The van der Waals surface area contributed by atoms with Gasteiger partial charge in [-0.05, 0) is 43.7 Å². The van der Waals surface area contributed by atoms with E-state index in [-0.39, 0.29) is 11.7 Å². The zero-order valence-corrected chi connectivity index (χ0v) is 13.7. The highest BCUT2D eigenvalue weighted by molar-refractivity contribution is 9.10. The molecule has 0 aliphatic heterocycles. The molecule has 0 spiro atoms. The number of aromatic nitrogens is 2. The van der Waals surface area contributed by atoms with Crippen molar-refractivity contribution in [2.45, 2.75) is 26.3 Å². The fourth-order valence-electron chi connectivity index (χ4n) is 2.14. The van der Waals surface area contributed by atoms with Gasteiger partial charge >= 0.3 is 0 Å². The smallest absolute Gasteiger partial charge is 0.269 e. The molecular formula is C15H19BrN4O. The molecule has 21 heavy (non-hydrogen) atoms. The summed E-state index contributed by atoms with van der Waals surface area (Å²) in [5, 5.41) is 7.70. The molecule has 0 aliphatic rings. The Morgan fingerprint density at radius 2 is 2.24 bits per heavy atom. The van der Waals surface area contributed by atoms with Crippen LogP contribution in [0, 0.1) is 0 Å². The van der Waals surface area contributed by atoms with Crippen molar-refractivity contribution in [2.24, 2.45) is 5.73 Å². The van der Waals surface area contributed by atoms with Crippen LogP contribution in [0.25, 0.3) is 5.69 Å². The molecule has 112 valence electrons. The van der Waals surface area contributed by atoms with Crippen molar-refractivity contribution in [3.63, 3.8) is 0 Å². The van der Waals surface area contributed by atoms with E-state index in [0.29, 0.717) is 0 Å². The lowest BCUT2D eigenvalue weighted by Crippen LogP contribution is -2.21. The van der Waals surface area contributed by atoms with Crippen molar-refractivity contribution in [1.82, 2.24) is 15.1 Å². The Kier molecular flexibility index (Phi) is 5.14. The lowest BCUT2D eigenvalue weighted by molar-refractivity contribution is 0.0995. The minimum atomic E-state index is -0.526. The number of benzene rings is 1. The van der Waals surface area contributed by atoms with Crippen LogP contribution in [-0.2, 0) is 0 Å². The van der Waals surface area contributed by atoms with Gasteiger partial charge in [-0.1, -0.05) is 28.9 Å². The Bertz CT molecular complexity index is 638. The molecule has 2 aromatic rings. The molecule has 0 radical (unpaired) electrons. The normalized spacial score (nSPS) is 12.3. The number of nitrogens with zero attached hydrogens (tertiary/aromatic N) is 2. The van der Waals surface area contributed by atoms with Crippen molar-refractivity contribution >= 4 is 21.8 Å². The van der Waals surface area contributed by atoms with Crippen molar-refractivity contribution in [3.05, 3.63) is 46.2 Å². The average Bonchev–Trinajstić information content (AvgIpc) is 2.94. The van der Waals surface area contributed by atoms with Crippen LogP contribution in [0.2, 0.25) is 0 Å². The summed E-state index contributed by atoms with van der Waals surface area (Å²) in [7, 11) is 0. The molecule has 1 unspecified atom stereocenters. The number of primary amides is 1. The number of halogens is 1. The van der Waals surface area contributed by atoms with Gasteiger partial charge in [0, 0.05) is 16.7 Å². The number of nitrogens with one attached hydrogen (secondary N) is 1. The molecule has 0 fully saturated rings. The van der Waals surface area contributed by atoms with Gasteiger partial charge in [-0.25, -0.2) is 4.68 Å². The van der Waals surface area contributed by atoms with E-state index in [4.69, 9.17) is 5.73 Å². The van der Waals surface area contributed by atoms with E-state index < -0.39 is 5.91 Å². The minimum absolute atomic E-state index is 0.189. The molecule has 0 aliphatic carbocycles. The standard InChI is InChI=1S/C15H19BrN4O/c1-3-7-18-10(2)12-5-4-11(16)9-14(12)20-8-6-13(19-20)15(17)21/h4-6,8-10,18H,3,7H2,1-2H3,(H2,17,21). The molecule has 0 saturated carbocycles. The Hall–Kier alpha value is -1.66. The Balaban J connectivity index is 2.40.